The molecule has 3 aliphatic rings. The van der Waals surface area contributed by atoms with E-state index in [1.54, 1.807) is 0 Å². The van der Waals surface area contributed by atoms with Crippen LogP contribution in [0.5, 0.6) is 0 Å². The van der Waals surface area contributed by atoms with Crippen LogP contribution in [0.1, 0.15) is 82.9 Å². The quantitative estimate of drug-likeness (QED) is 0.181. The molecule has 0 bridgehead atoms. The monoisotopic (exact) mass is 654 g/mol. The maximum Gasteiger partial charge on any atom is -0.0149 e. The topological polar surface area (TPSA) is 0 Å². The molecular formula is C50H54. The van der Waals surface area contributed by atoms with Crippen LogP contribution in [0, 0.1) is 11.8 Å². The average molecular weight is 655 g/mol. The lowest BCUT2D eigenvalue weighted by molar-refractivity contribution is 0.648. The summed E-state index contributed by atoms with van der Waals surface area (Å²) >= 11 is 0. The second kappa shape index (κ2) is 19.3. The highest BCUT2D eigenvalue weighted by molar-refractivity contribution is 5.79. The Hall–Kier alpha value is -4.94. The molecule has 0 aliphatic heterocycles. The van der Waals surface area contributed by atoms with Crippen molar-refractivity contribution in [3.05, 3.63) is 209 Å². The first-order valence-corrected chi connectivity index (χ1v) is 18.7. The predicted octanol–water partition coefficient (Wildman–Crippen LogP) is 14.3. The molecule has 6 rings (SSSR count). The van der Waals surface area contributed by atoms with Gasteiger partial charge in [-0.15, -0.1) is 0 Å². The van der Waals surface area contributed by atoms with Gasteiger partial charge in [0, 0.05) is 0 Å². The molecule has 2 atom stereocenters. The Morgan fingerprint density at radius 2 is 1.26 bits per heavy atom. The van der Waals surface area contributed by atoms with Gasteiger partial charge < -0.3 is 0 Å². The van der Waals surface area contributed by atoms with E-state index in [0.717, 1.165) is 38.5 Å². The Balaban J connectivity index is 0.00000239. The van der Waals surface area contributed by atoms with E-state index in [1.165, 1.54) is 55.7 Å². The number of rotatable bonds is 11. The van der Waals surface area contributed by atoms with E-state index < -0.39 is 0 Å². The fourth-order valence-corrected chi connectivity index (χ4v) is 6.82. The zero-order chi connectivity index (χ0) is 35.0. The Kier molecular flexibility index (Phi) is 14.0. The van der Waals surface area contributed by atoms with Gasteiger partial charge in [0.05, 0.1) is 0 Å². The van der Waals surface area contributed by atoms with Crippen LogP contribution in [0.3, 0.4) is 0 Å². The van der Waals surface area contributed by atoms with Crippen molar-refractivity contribution in [3.8, 4) is 0 Å². The lowest BCUT2D eigenvalue weighted by atomic mass is 9.81. The van der Waals surface area contributed by atoms with Gasteiger partial charge in [0.1, 0.15) is 0 Å². The zero-order valence-corrected chi connectivity index (χ0v) is 30.6. The standard InChI is InChI=1S/C48H48.C2H6/c1-37(41-20-10-4-11-21-41)32-45(43-24-14-6-15-25-43)31-29-40-34-47(44-26-16-7-17-27-44)36-48(35-40)46(30-28-39-18-8-3-9-19-39)33-38(2)42-22-12-5-13-23-42;1-2/h3-5,7-14,16-18,20-27,30-34,36,39-40H,6,15,19,28-29,35H2,1-2H3;1-2H3/b37-32+,38-33+,45-31+,46-30+;. The average Bonchev–Trinajstić information content (AvgIpc) is 3.20. The number of hydrogen-bond donors (Lipinski definition) is 0. The van der Waals surface area contributed by atoms with Crippen LogP contribution >= 0.6 is 0 Å². The van der Waals surface area contributed by atoms with Gasteiger partial charge in [-0.05, 0) is 120 Å². The summed E-state index contributed by atoms with van der Waals surface area (Å²) in [6, 6.07) is 32.5. The van der Waals surface area contributed by atoms with Crippen LogP contribution in [0.25, 0.3) is 16.7 Å². The first kappa shape index (κ1) is 36.3. The molecule has 2 unspecified atom stereocenters. The van der Waals surface area contributed by atoms with Crippen molar-refractivity contribution in [2.24, 2.45) is 11.8 Å². The minimum absolute atomic E-state index is 0.389. The maximum absolute atomic E-state index is 2.52. The first-order valence-electron chi connectivity index (χ1n) is 18.7. The molecule has 0 N–H and O–H groups in total. The number of hydrogen-bond acceptors (Lipinski definition) is 0. The van der Waals surface area contributed by atoms with Crippen molar-refractivity contribution in [1.29, 1.82) is 0 Å². The SMILES string of the molecule is C/C(=C\C(=C/CC1C=C(c2ccccc2)C=C(C(=C/CC2C=CC=CC2)/C=C(\C)c2ccccc2)C1)C1=CCCC=C1)c1ccccc1.CC. The summed E-state index contributed by atoms with van der Waals surface area (Å²) in [6.45, 7) is 8.49. The molecule has 0 nitrogen and oxygen atoms in total. The van der Waals surface area contributed by atoms with Crippen LogP contribution in [0.4, 0.5) is 0 Å². The molecule has 254 valence electrons. The van der Waals surface area contributed by atoms with Crippen LogP contribution in [0.2, 0.25) is 0 Å². The Morgan fingerprint density at radius 3 is 1.86 bits per heavy atom. The summed E-state index contributed by atoms with van der Waals surface area (Å²) in [5.74, 6) is 0.932. The van der Waals surface area contributed by atoms with E-state index in [-0.39, 0.29) is 0 Å². The molecule has 0 amide bonds. The fraction of sp³-hybridized carbons (Fsp3) is 0.240. The number of benzene rings is 3. The lowest BCUT2D eigenvalue weighted by Crippen LogP contribution is -2.07. The van der Waals surface area contributed by atoms with Gasteiger partial charge in [-0.3, -0.25) is 0 Å². The van der Waals surface area contributed by atoms with Gasteiger partial charge in [0.25, 0.3) is 0 Å². The molecular weight excluding hydrogens is 601 g/mol. The van der Waals surface area contributed by atoms with Crippen molar-refractivity contribution in [3.63, 3.8) is 0 Å². The smallest absolute Gasteiger partial charge is 0.0149 e. The van der Waals surface area contributed by atoms with Crippen molar-refractivity contribution in [2.45, 2.75) is 66.2 Å². The summed E-state index contributed by atoms with van der Waals surface area (Å²) in [6.07, 6.45) is 37.2. The van der Waals surface area contributed by atoms with Crippen molar-refractivity contribution >= 4 is 16.7 Å². The molecule has 0 saturated carbocycles. The van der Waals surface area contributed by atoms with E-state index in [0.29, 0.717) is 11.8 Å². The van der Waals surface area contributed by atoms with Crippen LogP contribution < -0.4 is 0 Å². The molecule has 0 heterocycles. The summed E-state index contributed by atoms with van der Waals surface area (Å²) in [4.78, 5) is 0. The molecule has 50 heavy (non-hydrogen) atoms. The third-order valence-electron chi connectivity index (χ3n) is 9.59. The van der Waals surface area contributed by atoms with Crippen LogP contribution in [-0.4, -0.2) is 0 Å². The summed E-state index contributed by atoms with van der Waals surface area (Å²) in [5, 5.41) is 0. The normalized spacial score (nSPS) is 19.6. The molecule has 3 aliphatic carbocycles. The van der Waals surface area contributed by atoms with Crippen molar-refractivity contribution in [2.75, 3.05) is 0 Å². The third-order valence-corrected chi connectivity index (χ3v) is 9.59. The van der Waals surface area contributed by atoms with E-state index in [2.05, 4.69) is 184 Å². The van der Waals surface area contributed by atoms with E-state index in [9.17, 15) is 0 Å². The van der Waals surface area contributed by atoms with E-state index >= 15 is 0 Å². The molecule has 0 saturated heterocycles. The van der Waals surface area contributed by atoms with Crippen LogP contribution in [0.15, 0.2) is 192 Å². The zero-order valence-electron chi connectivity index (χ0n) is 30.6. The summed E-state index contributed by atoms with van der Waals surface area (Å²) in [7, 11) is 0. The number of allylic oxidation sites excluding steroid dienone is 20. The minimum atomic E-state index is 0.389. The highest BCUT2D eigenvalue weighted by Gasteiger charge is 2.19. The van der Waals surface area contributed by atoms with Gasteiger partial charge in [0.15, 0.2) is 0 Å². The minimum Gasteiger partial charge on any atom is -0.0840 e. The fourth-order valence-electron chi connectivity index (χ4n) is 6.82. The van der Waals surface area contributed by atoms with Gasteiger partial charge in [-0.2, -0.15) is 0 Å². The summed E-state index contributed by atoms with van der Waals surface area (Å²) < 4.78 is 0. The maximum atomic E-state index is 2.52. The molecule has 3 aromatic rings. The lowest BCUT2D eigenvalue weighted by Gasteiger charge is -2.24. The van der Waals surface area contributed by atoms with Gasteiger partial charge in [0.2, 0.25) is 0 Å². The molecule has 0 fully saturated rings. The van der Waals surface area contributed by atoms with E-state index in [4.69, 9.17) is 0 Å². The van der Waals surface area contributed by atoms with Crippen molar-refractivity contribution in [1.82, 2.24) is 0 Å². The largest absolute Gasteiger partial charge is 0.0840 e. The third kappa shape index (κ3) is 10.5. The Morgan fingerprint density at radius 1 is 0.660 bits per heavy atom. The Bertz CT molecular complexity index is 1840. The highest BCUT2D eigenvalue weighted by Crippen LogP contribution is 2.37. The predicted molar refractivity (Wildman–Crippen MR) is 220 cm³/mol. The van der Waals surface area contributed by atoms with Gasteiger partial charge in [-0.25, -0.2) is 0 Å². The van der Waals surface area contributed by atoms with Gasteiger partial charge in [-0.1, -0.05) is 184 Å². The molecule has 0 radical (unpaired) electrons. The molecule has 0 aromatic heterocycles. The second-order valence-electron chi connectivity index (χ2n) is 13.2. The first-order chi connectivity index (χ1) is 24.6. The second-order valence-corrected chi connectivity index (χ2v) is 13.2. The summed E-state index contributed by atoms with van der Waals surface area (Å²) in [5.41, 5.74) is 13.2. The van der Waals surface area contributed by atoms with Gasteiger partial charge >= 0.3 is 0 Å². The molecule has 0 heteroatoms. The van der Waals surface area contributed by atoms with Crippen LogP contribution in [-0.2, 0) is 0 Å². The van der Waals surface area contributed by atoms with Crippen molar-refractivity contribution < 1.29 is 0 Å². The highest BCUT2D eigenvalue weighted by atomic mass is 14.2. The molecule has 0 spiro atoms. The Labute approximate surface area is 302 Å². The van der Waals surface area contributed by atoms with E-state index in [1.807, 2.05) is 13.8 Å². The molecule has 3 aromatic carbocycles.